The van der Waals surface area contributed by atoms with Crippen molar-refractivity contribution in [1.82, 2.24) is 0 Å². The normalized spacial score (nSPS) is 9.85. The third-order valence-corrected chi connectivity index (χ3v) is 2.77. The van der Waals surface area contributed by atoms with E-state index in [1.54, 1.807) is 7.11 Å². The standard InChI is InChI=1S/C16H17NO3/c1-19-15-9-7-14(8-10-15)17-11-16(18)20-12-13-5-3-2-4-6-13/h2-10,17H,11-12H2,1H3. The van der Waals surface area contributed by atoms with Crippen LogP contribution in [0, 0.1) is 0 Å². The molecule has 0 spiro atoms. The van der Waals surface area contributed by atoms with Crippen LogP contribution in [0.25, 0.3) is 0 Å². The minimum absolute atomic E-state index is 0.138. The summed E-state index contributed by atoms with van der Waals surface area (Å²) < 4.78 is 10.2. The predicted octanol–water partition coefficient (Wildman–Crippen LogP) is 2.85. The summed E-state index contributed by atoms with van der Waals surface area (Å²) >= 11 is 0. The van der Waals surface area contributed by atoms with E-state index in [1.165, 1.54) is 0 Å². The van der Waals surface area contributed by atoms with E-state index >= 15 is 0 Å². The molecule has 0 bridgehead atoms. The molecule has 2 rings (SSSR count). The average molecular weight is 271 g/mol. The van der Waals surface area contributed by atoms with Crippen LogP contribution < -0.4 is 10.1 Å². The second-order valence-electron chi connectivity index (χ2n) is 4.23. The number of benzene rings is 2. The molecule has 0 aliphatic carbocycles. The number of carbonyl (C=O) groups excluding carboxylic acids is 1. The monoisotopic (exact) mass is 271 g/mol. The molecule has 0 heterocycles. The summed E-state index contributed by atoms with van der Waals surface area (Å²) in [6.07, 6.45) is 0. The molecule has 2 aromatic rings. The lowest BCUT2D eigenvalue weighted by Gasteiger charge is -2.08. The van der Waals surface area contributed by atoms with E-state index in [1.807, 2.05) is 54.6 Å². The number of ether oxygens (including phenoxy) is 2. The molecule has 1 N–H and O–H groups in total. The van der Waals surface area contributed by atoms with Gasteiger partial charge in [0.05, 0.1) is 7.11 Å². The van der Waals surface area contributed by atoms with E-state index in [9.17, 15) is 4.79 Å². The average Bonchev–Trinajstić information content (AvgIpc) is 2.52. The molecule has 0 radical (unpaired) electrons. The summed E-state index contributed by atoms with van der Waals surface area (Å²) in [5, 5.41) is 3.00. The maximum atomic E-state index is 11.6. The van der Waals surface area contributed by atoms with Gasteiger partial charge in [-0.3, -0.25) is 4.79 Å². The number of hydrogen-bond acceptors (Lipinski definition) is 4. The van der Waals surface area contributed by atoms with Gasteiger partial charge in [-0.25, -0.2) is 0 Å². The second kappa shape index (κ2) is 7.19. The molecule has 0 saturated carbocycles. The third-order valence-electron chi connectivity index (χ3n) is 2.77. The molecule has 4 heteroatoms. The van der Waals surface area contributed by atoms with Crippen LogP contribution in [0.4, 0.5) is 5.69 Å². The van der Waals surface area contributed by atoms with Crippen LogP contribution in [-0.2, 0) is 16.1 Å². The van der Waals surface area contributed by atoms with Gasteiger partial charge >= 0.3 is 5.97 Å². The molecular weight excluding hydrogens is 254 g/mol. The van der Waals surface area contributed by atoms with Crippen LogP contribution in [0.5, 0.6) is 5.75 Å². The van der Waals surface area contributed by atoms with Crippen LogP contribution in [0.15, 0.2) is 54.6 Å². The molecule has 0 saturated heterocycles. The van der Waals surface area contributed by atoms with Crippen molar-refractivity contribution in [2.45, 2.75) is 6.61 Å². The molecular formula is C16H17NO3. The largest absolute Gasteiger partial charge is 0.497 e. The molecule has 0 amide bonds. The number of anilines is 1. The van der Waals surface area contributed by atoms with Crippen LogP contribution >= 0.6 is 0 Å². The van der Waals surface area contributed by atoms with Crippen molar-refractivity contribution in [3.63, 3.8) is 0 Å². The van der Waals surface area contributed by atoms with Gasteiger partial charge in [0.1, 0.15) is 18.9 Å². The Labute approximate surface area is 118 Å². The minimum Gasteiger partial charge on any atom is -0.497 e. The summed E-state index contributed by atoms with van der Waals surface area (Å²) in [5.41, 5.74) is 1.83. The van der Waals surface area contributed by atoms with E-state index in [2.05, 4.69) is 5.32 Å². The van der Waals surface area contributed by atoms with E-state index in [-0.39, 0.29) is 12.5 Å². The Morgan fingerprint density at radius 2 is 1.75 bits per heavy atom. The summed E-state index contributed by atoms with van der Waals surface area (Å²) in [7, 11) is 1.61. The third kappa shape index (κ3) is 4.31. The topological polar surface area (TPSA) is 47.6 Å². The van der Waals surface area contributed by atoms with Gasteiger partial charge in [-0.2, -0.15) is 0 Å². The Kier molecular flexibility index (Phi) is 5.00. The van der Waals surface area contributed by atoms with Crippen LogP contribution in [-0.4, -0.2) is 19.6 Å². The Hall–Kier alpha value is -2.49. The zero-order valence-corrected chi connectivity index (χ0v) is 11.3. The lowest BCUT2D eigenvalue weighted by atomic mass is 10.2. The Morgan fingerprint density at radius 3 is 2.40 bits per heavy atom. The molecule has 0 aliphatic rings. The Morgan fingerprint density at radius 1 is 1.05 bits per heavy atom. The maximum absolute atomic E-state index is 11.6. The fourth-order valence-corrected chi connectivity index (χ4v) is 1.67. The Balaban J connectivity index is 1.74. The summed E-state index contributed by atoms with van der Waals surface area (Å²) in [6.45, 7) is 0.434. The molecule has 0 atom stereocenters. The Bertz CT molecular complexity index is 537. The van der Waals surface area contributed by atoms with Crippen molar-refractivity contribution in [3.05, 3.63) is 60.2 Å². The zero-order valence-electron chi connectivity index (χ0n) is 11.3. The van der Waals surface area contributed by atoms with Gasteiger partial charge < -0.3 is 14.8 Å². The first-order valence-electron chi connectivity index (χ1n) is 6.35. The van der Waals surface area contributed by atoms with Gasteiger partial charge in [0.25, 0.3) is 0 Å². The number of rotatable bonds is 6. The second-order valence-corrected chi connectivity index (χ2v) is 4.23. The van der Waals surface area contributed by atoms with Crippen molar-refractivity contribution >= 4 is 11.7 Å². The number of nitrogens with one attached hydrogen (secondary N) is 1. The van der Waals surface area contributed by atoms with Crippen LogP contribution in [0.2, 0.25) is 0 Å². The zero-order chi connectivity index (χ0) is 14.2. The first-order chi connectivity index (χ1) is 9.78. The van der Waals surface area contributed by atoms with Crippen LogP contribution in [0.3, 0.4) is 0 Å². The molecule has 104 valence electrons. The summed E-state index contributed by atoms with van der Waals surface area (Å²) in [6, 6.07) is 17.0. The predicted molar refractivity (Wildman–Crippen MR) is 77.7 cm³/mol. The lowest BCUT2D eigenvalue weighted by molar-refractivity contribution is -0.142. The van der Waals surface area contributed by atoms with Gasteiger partial charge in [-0.1, -0.05) is 30.3 Å². The van der Waals surface area contributed by atoms with Crippen molar-refractivity contribution in [2.75, 3.05) is 19.0 Å². The van der Waals surface area contributed by atoms with Crippen LogP contribution in [0.1, 0.15) is 5.56 Å². The van der Waals surface area contributed by atoms with E-state index in [0.717, 1.165) is 17.0 Å². The first kappa shape index (κ1) is 13.9. The fraction of sp³-hybridized carbons (Fsp3) is 0.188. The highest BCUT2D eigenvalue weighted by atomic mass is 16.5. The molecule has 4 nitrogen and oxygen atoms in total. The molecule has 0 aromatic heterocycles. The van der Waals surface area contributed by atoms with Crippen molar-refractivity contribution in [1.29, 1.82) is 0 Å². The number of esters is 1. The highest BCUT2D eigenvalue weighted by molar-refractivity contribution is 5.75. The smallest absolute Gasteiger partial charge is 0.325 e. The number of methoxy groups -OCH3 is 1. The fourth-order valence-electron chi connectivity index (χ4n) is 1.67. The first-order valence-corrected chi connectivity index (χ1v) is 6.35. The van der Waals surface area contributed by atoms with Gasteiger partial charge in [-0.05, 0) is 29.8 Å². The number of carbonyl (C=O) groups is 1. The molecule has 2 aromatic carbocycles. The van der Waals surface area contributed by atoms with E-state index in [0.29, 0.717) is 6.61 Å². The van der Waals surface area contributed by atoms with Gasteiger partial charge in [-0.15, -0.1) is 0 Å². The number of hydrogen-bond donors (Lipinski definition) is 1. The van der Waals surface area contributed by atoms with E-state index in [4.69, 9.17) is 9.47 Å². The SMILES string of the molecule is COc1ccc(NCC(=O)OCc2ccccc2)cc1. The molecule has 0 aliphatic heterocycles. The van der Waals surface area contributed by atoms with Crippen molar-refractivity contribution in [3.8, 4) is 5.75 Å². The molecule has 0 fully saturated rings. The van der Waals surface area contributed by atoms with Crippen molar-refractivity contribution in [2.24, 2.45) is 0 Å². The summed E-state index contributed by atoms with van der Waals surface area (Å²) in [5.74, 6) is 0.492. The quantitative estimate of drug-likeness (QED) is 0.821. The molecule has 0 unspecified atom stereocenters. The lowest BCUT2D eigenvalue weighted by Crippen LogP contribution is -2.16. The highest BCUT2D eigenvalue weighted by Gasteiger charge is 2.03. The van der Waals surface area contributed by atoms with E-state index < -0.39 is 0 Å². The van der Waals surface area contributed by atoms with Gasteiger partial charge in [0.2, 0.25) is 0 Å². The van der Waals surface area contributed by atoms with Gasteiger partial charge in [0, 0.05) is 5.69 Å². The highest BCUT2D eigenvalue weighted by Crippen LogP contribution is 2.14. The van der Waals surface area contributed by atoms with Gasteiger partial charge in [0.15, 0.2) is 0 Å². The summed E-state index contributed by atoms with van der Waals surface area (Å²) in [4.78, 5) is 11.6. The maximum Gasteiger partial charge on any atom is 0.325 e. The molecule has 20 heavy (non-hydrogen) atoms. The minimum atomic E-state index is -0.287. The van der Waals surface area contributed by atoms with Crippen molar-refractivity contribution < 1.29 is 14.3 Å².